The number of nitrogens with zero attached hydrogens (tertiary/aromatic N) is 2. The number of hydrogen-bond acceptors (Lipinski definition) is 3. The van der Waals surface area contributed by atoms with Crippen LogP contribution in [0.3, 0.4) is 0 Å². The first-order valence-corrected chi connectivity index (χ1v) is 5.65. The maximum Gasteiger partial charge on any atom is 0.122 e. The molecule has 15 heavy (non-hydrogen) atoms. The molecule has 0 bridgehead atoms. The van der Waals surface area contributed by atoms with Crippen LogP contribution in [0.2, 0.25) is 0 Å². The van der Waals surface area contributed by atoms with Crippen LogP contribution in [0.15, 0.2) is 12.4 Å². The van der Waals surface area contributed by atoms with Gasteiger partial charge in [-0.1, -0.05) is 0 Å². The zero-order valence-electron chi connectivity index (χ0n) is 9.28. The molecule has 1 N–H and O–H groups in total. The predicted molar refractivity (Wildman–Crippen MR) is 58.5 cm³/mol. The largest absolute Gasteiger partial charge is 0.378 e. The molecule has 84 valence electrons. The van der Waals surface area contributed by atoms with E-state index in [-0.39, 0.29) is 0 Å². The van der Waals surface area contributed by atoms with Crippen LogP contribution >= 0.6 is 0 Å². The number of nitrogens with one attached hydrogen (secondary N) is 1. The number of aromatic nitrogens is 2. The molecular weight excluding hydrogens is 190 g/mol. The van der Waals surface area contributed by atoms with Crippen molar-refractivity contribution in [3.8, 4) is 0 Å². The first kappa shape index (κ1) is 10.6. The lowest BCUT2D eigenvalue weighted by molar-refractivity contribution is 0.104. The summed E-state index contributed by atoms with van der Waals surface area (Å²) >= 11 is 0. The van der Waals surface area contributed by atoms with Crippen LogP contribution < -0.4 is 5.32 Å². The summed E-state index contributed by atoms with van der Waals surface area (Å²) in [5.74, 6) is 1.09. The zero-order valence-corrected chi connectivity index (χ0v) is 9.28. The molecule has 0 aromatic carbocycles. The highest BCUT2D eigenvalue weighted by Gasteiger charge is 2.14. The van der Waals surface area contributed by atoms with Crippen LogP contribution in [0.1, 0.15) is 25.1 Å². The van der Waals surface area contributed by atoms with Crippen molar-refractivity contribution in [2.45, 2.75) is 31.9 Å². The van der Waals surface area contributed by atoms with Crippen molar-refractivity contribution in [1.82, 2.24) is 14.9 Å². The van der Waals surface area contributed by atoms with E-state index < -0.39 is 0 Å². The fourth-order valence-corrected chi connectivity index (χ4v) is 1.90. The second-order valence-electron chi connectivity index (χ2n) is 4.05. The van der Waals surface area contributed by atoms with E-state index in [1.165, 1.54) is 12.8 Å². The number of imidazole rings is 1. The summed E-state index contributed by atoms with van der Waals surface area (Å²) in [7, 11) is 2.02. The van der Waals surface area contributed by atoms with E-state index in [9.17, 15) is 0 Å². The Labute approximate surface area is 90.6 Å². The van der Waals surface area contributed by atoms with Gasteiger partial charge in [-0.05, 0) is 25.8 Å². The lowest BCUT2D eigenvalue weighted by Crippen LogP contribution is -2.21. The summed E-state index contributed by atoms with van der Waals surface area (Å²) in [6.07, 6.45) is 7.85. The molecule has 0 radical (unpaired) electrons. The van der Waals surface area contributed by atoms with Crippen LogP contribution in [-0.2, 0) is 18.3 Å². The Morgan fingerprint density at radius 1 is 1.67 bits per heavy atom. The van der Waals surface area contributed by atoms with Crippen molar-refractivity contribution in [2.75, 3.05) is 13.2 Å². The van der Waals surface area contributed by atoms with Gasteiger partial charge in [0.05, 0.1) is 12.6 Å². The van der Waals surface area contributed by atoms with Crippen molar-refractivity contribution in [2.24, 2.45) is 7.05 Å². The Morgan fingerprint density at radius 3 is 3.27 bits per heavy atom. The first-order valence-electron chi connectivity index (χ1n) is 5.65. The van der Waals surface area contributed by atoms with Crippen LogP contribution in [0.4, 0.5) is 0 Å². The SMILES string of the molecule is Cn1ccnc1CNCCC1CCCO1. The van der Waals surface area contributed by atoms with Crippen LogP contribution in [-0.4, -0.2) is 28.8 Å². The van der Waals surface area contributed by atoms with E-state index in [1.807, 2.05) is 24.0 Å². The molecule has 1 aromatic heterocycles. The Hall–Kier alpha value is -0.870. The van der Waals surface area contributed by atoms with Gasteiger partial charge in [-0.15, -0.1) is 0 Å². The molecule has 0 spiro atoms. The molecule has 1 aliphatic rings. The van der Waals surface area contributed by atoms with Crippen molar-refractivity contribution in [3.05, 3.63) is 18.2 Å². The minimum atomic E-state index is 0.485. The van der Waals surface area contributed by atoms with Crippen molar-refractivity contribution < 1.29 is 4.74 Å². The summed E-state index contributed by atoms with van der Waals surface area (Å²) in [6.45, 7) is 2.80. The Kier molecular flexibility index (Phi) is 3.75. The van der Waals surface area contributed by atoms with E-state index >= 15 is 0 Å². The third-order valence-electron chi connectivity index (χ3n) is 2.87. The normalized spacial score (nSPS) is 21.0. The summed E-state index contributed by atoms with van der Waals surface area (Å²) in [5, 5.41) is 3.39. The molecule has 1 fully saturated rings. The van der Waals surface area contributed by atoms with E-state index in [0.29, 0.717) is 6.10 Å². The topological polar surface area (TPSA) is 39.1 Å². The van der Waals surface area contributed by atoms with Gasteiger partial charge in [0.1, 0.15) is 5.82 Å². The Bertz CT molecular complexity index is 292. The van der Waals surface area contributed by atoms with Gasteiger partial charge < -0.3 is 14.6 Å². The molecule has 1 aliphatic heterocycles. The van der Waals surface area contributed by atoms with Crippen molar-refractivity contribution in [1.29, 1.82) is 0 Å². The highest BCUT2D eigenvalue weighted by atomic mass is 16.5. The van der Waals surface area contributed by atoms with Gasteiger partial charge in [0.25, 0.3) is 0 Å². The molecule has 1 unspecified atom stereocenters. The molecule has 0 aliphatic carbocycles. The average molecular weight is 209 g/mol. The smallest absolute Gasteiger partial charge is 0.122 e. The molecule has 2 heterocycles. The number of aryl methyl sites for hydroxylation is 1. The third kappa shape index (κ3) is 3.04. The standard InChI is InChI=1S/C11H19N3O/c1-14-7-6-13-11(14)9-12-5-4-10-3-2-8-15-10/h6-7,10,12H,2-5,8-9H2,1H3. The predicted octanol–water partition coefficient (Wildman–Crippen LogP) is 1.08. The van der Waals surface area contributed by atoms with Gasteiger partial charge in [0.2, 0.25) is 0 Å². The zero-order chi connectivity index (χ0) is 10.5. The number of ether oxygens (including phenoxy) is 1. The van der Waals surface area contributed by atoms with Crippen molar-refractivity contribution in [3.63, 3.8) is 0 Å². The maximum atomic E-state index is 5.55. The maximum absolute atomic E-state index is 5.55. The number of rotatable bonds is 5. The minimum absolute atomic E-state index is 0.485. The first-order chi connectivity index (χ1) is 7.36. The molecule has 4 nitrogen and oxygen atoms in total. The van der Waals surface area contributed by atoms with Crippen LogP contribution in [0, 0.1) is 0 Å². The van der Waals surface area contributed by atoms with Gasteiger partial charge in [-0.25, -0.2) is 4.98 Å². The highest BCUT2D eigenvalue weighted by molar-refractivity contribution is 4.90. The minimum Gasteiger partial charge on any atom is -0.378 e. The second kappa shape index (κ2) is 5.28. The molecule has 4 heteroatoms. The Balaban J connectivity index is 1.60. The summed E-state index contributed by atoms with van der Waals surface area (Å²) in [4.78, 5) is 4.25. The summed E-state index contributed by atoms with van der Waals surface area (Å²) < 4.78 is 7.59. The molecule has 0 amide bonds. The fraction of sp³-hybridized carbons (Fsp3) is 0.727. The molecule has 1 saturated heterocycles. The Morgan fingerprint density at radius 2 is 2.60 bits per heavy atom. The molecule has 0 saturated carbocycles. The lowest BCUT2D eigenvalue weighted by atomic mass is 10.2. The average Bonchev–Trinajstić information content (AvgIpc) is 2.85. The highest BCUT2D eigenvalue weighted by Crippen LogP contribution is 2.14. The van der Waals surface area contributed by atoms with Gasteiger partial charge in [0, 0.05) is 26.0 Å². The van der Waals surface area contributed by atoms with Crippen LogP contribution in [0.25, 0.3) is 0 Å². The molecule has 2 rings (SSSR count). The van der Waals surface area contributed by atoms with E-state index in [1.54, 1.807) is 0 Å². The molecule has 1 atom stereocenters. The van der Waals surface area contributed by atoms with Gasteiger partial charge in [-0.3, -0.25) is 0 Å². The van der Waals surface area contributed by atoms with Gasteiger partial charge in [-0.2, -0.15) is 0 Å². The van der Waals surface area contributed by atoms with Gasteiger partial charge in [0.15, 0.2) is 0 Å². The molecular formula is C11H19N3O. The van der Waals surface area contributed by atoms with E-state index in [2.05, 4.69) is 10.3 Å². The number of hydrogen-bond donors (Lipinski definition) is 1. The fourth-order valence-electron chi connectivity index (χ4n) is 1.90. The summed E-state index contributed by atoms with van der Waals surface area (Å²) in [6, 6.07) is 0. The van der Waals surface area contributed by atoms with Crippen molar-refractivity contribution >= 4 is 0 Å². The van der Waals surface area contributed by atoms with Crippen LogP contribution in [0.5, 0.6) is 0 Å². The summed E-state index contributed by atoms with van der Waals surface area (Å²) in [5.41, 5.74) is 0. The van der Waals surface area contributed by atoms with E-state index in [4.69, 9.17) is 4.74 Å². The molecule has 1 aromatic rings. The quantitative estimate of drug-likeness (QED) is 0.738. The van der Waals surface area contributed by atoms with Gasteiger partial charge >= 0.3 is 0 Å². The monoisotopic (exact) mass is 209 g/mol. The lowest BCUT2D eigenvalue weighted by Gasteiger charge is -2.09. The second-order valence-corrected chi connectivity index (χ2v) is 4.05. The van der Waals surface area contributed by atoms with E-state index in [0.717, 1.165) is 31.9 Å². The third-order valence-corrected chi connectivity index (χ3v) is 2.87.